The van der Waals surface area contributed by atoms with Crippen molar-refractivity contribution in [3.8, 4) is 0 Å². The molecule has 1 saturated heterocycles. The van der Waals surface area contributed by atoms with Crippen LogP contribution < -0.4 is 0 Å². The fraction of sp³-hybridized carbons (Fsp3) is 1.00. The zero-order chi connectivity index (χ0) is 7.61. The first-order chi connectivity index (χ1) is 4.64. The first-order valence-electron chi connectivity index (χ1n) is 2.77. The van der Waals surface area contributed by atoms with Crippen molar-refractivity contribution < 1.29 is 16.8 Å². The van der Waals surface area contributed by atoms with Crippen LogP contribution in [-0.4, -0.2) is 26.5 Å². The van der Waals surface area contributed by atoms with E-state index in [2.05, 4.69) is 24.3 Å². The van der Waals surface area contributed by atoms with Crippen molar-refractivity contribution in [2.45, 2.75) is 12.5 Å². The van der Waals surface area contributed by atoms with E-state index >= 15 is 0 Å². The first kappa shape index (κ1) is 8.45. The minimum atomic E-state index is -3.64. The van der Waals surface area contributed by atoms with Gasteiger partial charge in [0.15, 0.2) is 0 Å². The molecule has 4 nitrogen and oxygen atoms in total. The topological polar surface area (TPSA) is 52.6 Å². The lowest BCUT2D eigenvalue weighted by Gasteiger charge is -1.98. The van der Waals surface area contributed by atoms with Gasteiger partial charge in [-0.25, -0.2) is 8.37 Å². The molecule has 0 spiro atoms. The molecule has 1 aliphatic rings. The van der Waals surface area contributed by atoms with Gasteiger partial charge in [0.25, 0.3) is 0 Å². The van der Waals surface area contributed by atoms with Crippen LogP contribution >= 0.6 is 15.9 Å². The summed E-state index contributed by atoms with van der Waals surface area (Å²) in [5.41, 5.74) is 0. The normalized spacial score (nSPS) is 30.7. The van der Waals surface area contributed by atoms with Crippen LogP contribution in [0.15, 0.2) is 0 Å². The zero-order valence-electron chi connectivity index (χ0n) is 5.12. The Labute approximate surface area is 68.0 Å². The molecule has 1 rings (SSSR count). The van der Waals surface area contributed by atoms with Gasteiger partial charge in [0.05, 0.1) is 6.61 Å². The van der Waals surface area contributed by atoms with E-state index in [4.69, 9.17) is 0 Å². The summed E-state index contributed by atoms with van der Waals surface area (Å²) in [4.78, 5) is 0. The van der Waals surface area contributed by atoms with E-state index in [0.717, 1.165) is 5.33 Å². The molecule has 0 aromatic heterocycles. The SMILES string of the molecule is O=S1(=O)OCC(CCBr)O1. The highest BCUT2D eigenvalue weighted by atomic mass is 79.9. The van der Waals surface area contributed by atoms with E-state index in [1.165, 1.54) is 0 Å². The number of hydrogen-bond acceptors (Lipinski definition) is 4. The van der Waals surface area contributed by atoms with Gasteiger partial charge in [0.2, 0.25) is 0 Å². The fourth-order valence-electron chi connectivity index (χ4n) is 0.635. The number of halogens is 1. The Hall–Kier alpha value is 0.350. The van der Waals surface area contributed by atoms with Crippen molar-refractivity contribution in [3.63, 3.8) is 0 Å². The summed E-state index contributed by atoms with van der Waals surface area (Å²) in [6.07, 6.45) is 0.351. The third-order valence-electron chi connectivity index (χ3n) is 1.08. The Morgan fingerprint density at radius 3 is 2.70 bits per heavy atom. The van der Waals surface area contributed by atoms with E-state index < -0.39 is 10.4 Å². The molecule has 0 radical (unpaired) electrons. The van der Waals surface area contributed by atoms with Gasteiger partial charge in [-0.05, 0) is 6.42 Å². The molecule has 6 heteroatoms. The van der Waals surface area contributed by atoms with E-state index in [-0.39, 0.29) is 12.7 Å². The molecular formula is C4H7BrO4S. The Balaban J connectivity index is 2.44. The number of hydrogen-bond donors (Lipinski definition) is 0. The molecule has 0 aromatic rings. The lowest BCUT2D eigenvalue weighted by molar-refractivity contribution is 0.233. The van der Waals surface area contributed by atoms with Crippen LogP contribution in [0.2, 0.25) is 0 Å². The molecule has 0 N–H and O–H groups in total. The highest BCUT2D eigenvalue weighted by Crippen LogP contribution is 2.15. The van der Waals surface area contributed by atoms with Gasteiger partial charge >= 0.3 is 10.4 Å². The molecule has 0 aromatic carbocycles. The van der Waals surface area contributed by atoms with E-state index in [9.17, 15) is 8.42 Å². The third-order valence-corrected chi connectivity index (χ3v) is 2.47. The standard InChI is InChI=1S/C4H7BrO4S/c5-2-1-4-3-8-10(6,7)9-4/h4H,1-3H2. The number of rotatable bonds is 2. The second-order valence-electron chi connectivity index (χ2n) is 1.89. The van der Waals surface area contributed by atoms with Gasteiger partial charge in [-0.15, -0.1) is 0 Å². The van der Waals surface area contributed by atoms with Crippen molar-refractivity contribution in [2.75, 3.05) is 11.9 Å². The summed E-state index contributed by atoms with van der Waals surface area (Å²) in [6.45, 7) is 0.147. The Bertz CT molecular complexity index is 199. The van der Waals surface area contributed by atoms with Crippen LogP contribution in [0.4, 0.5) is 0 Å². The highest BCUT2D eigenvalue weighted by Gasteiger charge is 2.28. The second-order valence-corrected chi connectivity index (χ2v) is 3.93. The minimum absolute atomic E-state index is 0.147. The Kier molecular flexibility index (Phi) is 2.67. The lowest BCUT2D eigenvalue weighted by atomic mass is 10.3. The van der Waals surface area contributed by atoms with Crippen molar-refractivity contribution in [2.24, 2.45) is 0 Å². The van der Waals surface area contributed by atoms with Gasteiger partial charge in [-0.2, -0.15) is 8.42 Å². The molecule has 0 aliphatic carbocycles. The molecule has 0 amide bonds. The van der Waals surface area contributed by atoms with Crippen molar-refractivity contribution in [1.29, 1.82) is 0 Å². The zero-order valence-corrected chi connectivity index (χ0v) is 7.52. The predicted octanol–water partition coefficient (Wildman–Crippen LogP) is 0.432. The van der Waals surface area contributed by atoms with E-state index in [0.29, 0.717) is 6.42 Å². The summed E-state index contributed by atoms with van der Waals surface area (Å²) >= 11 is 3.17. The average Bonchev–Trinajstić information content (AvgIpc) is 2.12. The van der Waals surface area contributed by atoms with Gasteiger partial charge in [0.1, 0.15) is 6.10 Å². The maximum atomic E-state index is 10.5. The van der Waals surface area contributed by atoms with Crippen LogP contribution in [-0.2, 0) is 18.8 Å². The molecule has 1 heterocycles. The summed E-state index contributed by atoms with van der Waals surface area (Å²) in [7, 11) is -3.64. The van der Waals surface area contributed by atoms with E-state index in [1.807, 2.05) is 0 Å². The average molecular weight is 231 g/mol. The summed E-state index contributed by atoms with van der Waals surface area (Å²) in [5.74, 6) is 0. The monoisotopic (exact) mass is 230 g/mol. The van der Waals surface area contributed by atoms with Crippen LogP contribution in [0.5, 0.6) is 0 Å². The van der Waals surface area contributed by atoms with Crippen molar-refractivity contribution >= 4 is 26.3 Å². The summed E-state index contributed by atoms with van der Waals surface area (Å²) < 4.78 is 29.8. The molecule has 1 fully saturated rings. The Morgan fingerprint density at radius 1 is 1.60 bits per heavy atom. The van der Waals surface area contributed by atoms with Crippen molar-refractivity contribution in [1.82, 2.24) is 0 Å². The Morgan fingerprint density at radius 2 is 2.30 bits per heavy atom. The molecular weight excluding hydrogens is 224 g/mol. The lowest BCUT2D eigenvalue weighted by Crippen LogP contribution is -2.09. The maximum Gasteiger partial charge on any atom is 0.400 e. The molecule has 60 valence electrons. The molecule has 0 saturated carbocycles. The third kappa shape index (κ3) is 2.19. The fourth-order valence-corrected chi connectivity index (χ4v) is 2.00. The second kappa shape index (κ2) is 3.17. The van der Waals surface area contributed by atoms with Gasteiger partial charge in [0, 0.05) is 5.33 Å². The van der Waals surface area contributed by atoms with Crippen LogP contribution in [0, 0.1) is 0 Å². The summed E-state index contributed by atoms with van der Waals surface area (Å²) in [5, 5.41) is 0.719. The molecule has 0 bridgehead atoms. The highest BCUT2D eigenvalue weighted by molar-refractivity contribution is 9.09. The van der Waals surface area contributed by atoms with E-state index in [1.54, 1.807) is 0 Å². The van der Waals surface area contributed by atoms with Crippen LogP contribution in [0.1, 0.15) is 6.42 Å². The quantitative estimate of drug-likeness (QED) is 0.646. The maximum absolute atomic E-state index is 10.5. The van der Waals surface area contributed by atoms with Crippen LogP contribution in [0.25, 0.3) is 0 Å². The molecule has 1 unspecified atom stereocenters. The molecule has 10 heavy (non-hydrogen) atoms. The van der Waals surface area contributed by atoms with Gasteiger partial charge in [-0.3, -0.25) is 0 Å². The minimum Gasteiger partial charge on any atom is -0.245 e. The molecule has 1 aliphatic heterocycles. The largest absolute Gasteiger partial charge is 0.400 e. The number of alkyl halides is 1. The van der Waals surface area contributed by atoms with Gasteiger partial charge in [-0.1, -0.05) is 15.9 Å². The smallest absolute Gasteiger partial charge is 0.245 e. The van der Waals surface area contributed by atoms with Crippen LogP contribution in [0.3, 0.4) is 0 Å². The van der Waals surface area contributed by atoms with Crippen molar-refractivity contribution in [3.05, 3.63) is 0 Å². The first-order valence-corrected chi connectivity index (χ1v) is 5.23. The van der Waals surface area contributed by atoms with Gasteiger partial charge < -0.3 is 0 Å². The summed E-state index contributed by atoms with van der Waals surface area (Å²) in [6, 6.07) is 0. The predicted molar refractivity (Wildman–Crippen MR) is 38.2 cm³/mol. The molecule has 1 atom stereocenters.